The van der Waals surface area contributed by atoms with Gasteiger partial charge in [0.2, 0.25) is 11.9 Å². The van der Waals surface area contributed by atoms with Crippen LogP contribution in [0.25, 0.3) is 0 Å². The third-order valence-corrected chi connectivity index (χ3v) is 5.78. The highest BCUT2D eigenvalue weighted by Gasteiger charge is 2.32. The van der Waals surface area contributed by atoms with Crippen LogP contribution >= 0.6 is 0 Å². The first-order valence-corrected chi connectivity index (χ1v) is 10.3. The normalized spacial score (nSPS) is 19.9. The number of piperidine rings is 1. The molecule has 152 valence electrons. The average molecular weight is 393 g/mol. The Morgan fingerprint density at radius 3 is 2.28 bits per heavy atom. The molecule has 4 rings (SSSR count). The van der Waals surface area contributed by atoms with E-state index in [0.29, 0.717) is 44.2 Å². The van der Waals surface area contributed by atoms with E-state index in [9.17, 15) is 9.59 Å². The first kappa shape index (κ1) is 19.4. The highest BCUT2D eigenvalue weighted by molar-refractivity contribution is 5.94. The number of benzene rings is 1. The number of carbonyl (C=O) groups excluding carboxylic acids is 2. The van der Waals surface area contributed by atoms with Gasteiger partial charge in [-0.1, -0.05) is 17.7 Å². The molecule has 1 atom stereocenters. The van der Waals surface area contributed by atoms with E-state index in [4.69, 9.17) is 0 Å². The van der Waals surface area contributed by atoms with Crippen LogP contribution in [0.15, 0.2) is 42.7 Å². The van der Waals surface area contributed by atoms with Gasteiger partial charge in [-0.25, -0.2) is 9.97 Å². The first-order chi connectivity index (χ1) is 14.1. The summed E-state index contributed by atoms with van der Waals surface area (Å²) in [6.45, 7) is 5.89. The van der Waals surface area contributed by atoms with E-state index in [0.717, 1.165) is 24.9 Å². The molecule has 7 heteroatoms. The molecule has 2 amide bonds. The van der Waals surface area contributed by atoms with Gasteiger partial charge in [-0.2, -0.15) is 0 Å². The van der Waals surface area contributed by atoms with Crippen molar-refractivity contribution in [2.75, 3.05) is 44.2 Å². The number of anilines is 1. The number of piperazine rings is 1. The predicted molar refractivity (Wildman–Crippen MR) is 111 cm³/mol. The number of hydrogen-bond donors (Lipinski definition) is 0. The van der Waals surface area contributed by atoms with Crippen LogP contribution in [-0.2, 0) is 4.79 Å². The van der Waals surface area contributed by atoms with Crippen molar-refractivity contribution in [2.45, 2.75) is 19.8 Å². The van der Waals surface area contributed by atoms with Crippen molar-refractivity contribution in [3.05, 3.63) is 53.9 Å². The summed E-state index contributed by atoms with van der Waals surface area (Å²) >= 11 is 0. The van der Waals surface area contributed by atoms with Crippen molar-refractivity contribution >= 4 is 17.8 Å². The van der Waals surface area contributed by atoms with Crippen LogP contribution in [0.2, 0.25) is 0 Å². The minimum absolute atomic E-state index is 0.0353. The number of rotatable bonds is 3. The van der Waals surface area contributed by atoms with Gasteiger partial charge in [0.05, 0.1) is 5.92 Å². The molecule has 0 spiro atoms. The van der Waals surface area contributed by atoms with Crippen LogP contribution in [0.1, 0.15) is 28.8 Å². The predicted octanol–water partition coefficient (Wildman–Crippen LogP) is 1.99. The zero-order valence-electron chi connectivity index (χ0n) is 16.8. The molecule has 3 heterocycles. The Labute approximate surface area is 171 Å². The molecule has 2 saturated heterocycles. The Morgan fingerprint density at radius 2 is 1.59 bits per heavy atom. The van der Waals surface area contributed by atoms with Crippen molar-refractivity contribution < 1.29 is 9.59 Å². The number of hydrogen-bond acceptors (Lipinski definition) is 5. The number of aryl methyl sites for hydroxylation is 1. The summed E-state index contributed by atoms with van der Waals surface area (Å²) < 4.78 is 0. The summed E-state index contributed by atoms with van der Waals surface area (Å²) in [6.07, 6.45) is 5.32. The monoisotopic (exact) mass is 393 g/mol. The number of carbonyl (C=O) groups is 2. The lowest BCUT2D eigenvalue weighted by molar-refractivity contribution is -0.137. The maximum absolute atomic E-state index is 13.1. The molecule has 2 fully saturated rings. The molecule has 29 heavy (non-hydrogen) atoms. The van der Waals surface area contributed by atoms with E-state index in [1.807, 2.05) is 41.0 Å². The molecule has 1 aromatic heterocycles. The van der Waals surface area contributed by atoms with E-state index in [-0.39, 0.29) is 17.7 Å². The maximum Gasteiger partial charge on any atom is 0.253 e. The van der Waals surface area contributed by atoms with Crippen LogP contribution in [0.4, 0.5) is 5.95 Å². The Hall–Kier alpha value is -2.96. The SMILES string of the molecule is Cc1ccc(C(=O)N2CCN(C(=O)C3CCCN(c4ncccn4)C3)CC2)cc1. The fraction of sp³-hybridized carbons (Fsp3) is 0.455. The van der Waals surface area contributed by atoms with E-state index < -0.39 is 0 Å². The van der Waals surface area contributed by atoms with Crippen molar-refractivity contribution in [1.82, 2.24) is 19.8 Å². The van der Waals surface area contributed by atoms with Crippen LogP contribution in [0, 0.1) is 12.8 Å². The third kappa shape index (κ3) is 4.39. The summed E-state index contributed by atoms with van der Waals surface area (Å²) in [5.41, 5.74) is 1.85. The van der Waals surface area contributed by atoms with E-state index >= 15 is 0 Å². The molecule has 0 saturated carbocycles. The van der Waals surface area contributed by atoms with E-state index in [1.165, 1.54) is 0 Å². The zero-order valence-corrected chi connectivity index (χ0v) is 16.8. The summed E-state index contributed by atoms with van der Waals surface area (Å²) in [6, 6.07) is 9.46. The molecule has 0 aliphatic carbocycles. The fourth-order valence-corrected chi connectivity index (χ4v) is 4.08. The standard InChI is InChI=1S/C22H27N5O2/c1-17-5-7-18(8-6-17)20(28)25-12-14-26(15-13-25)21(29)19-4-2-11-27(16-19)22-23-9-3-10-24-22/h3,5-10,19H,2,4,11-16H2,1H3. The van der Waals surface area contributed by atoms with Gasteiger partial charge in [0.1, 0.15) is 0 Å². The molecule has 2 aliphatic rings. The van der Waals surface area contributed by atoms with Crippen LogP contribution < -0.4 is 4.90 Å². The second-order valence-electron chi connectivity index (χ2n) is 7.82. The van der Waals surface area contributed by atoms with Gasteiger partial charge in [-0.15, -0.1) is 0 Å². The van der Waals surface area contributed by atoms with Gasteiger partial charge >= 0.3 is 0 Å². The lowest BCUT2D eigenvalue weighted by Gasteiger charge is -2.39. The second kappa shape index (κ2) is 8.59. The van der Waals surface area contributed by atoms with Gasteiger partial charge in [0.15, 0.2) is 0 Å². The summed E-state index contributed by atoms with van der Waals surface area (Å²) in [5, 5.41) is 0. The molecular weight excluding hydrogens is 366 g/mol. The van der Waals surface area contributed by atoms with Gasteiger partial charge in [0, 0.05) is 57.2 Å². The Bertz CT molecular complexity index is 847. The molecule has 2 aromatic rings. The van der Waals surface area contributed by atoms with Gasteiger partial charge < -0.3 is 14.7 Å². The highest BCUT2D eigenvalue weighted by Crippen LogP contribution is 2.22. The minimum Gasteiger partial charge on any atom is -0.340 e. The lowest BCUT2D eigenvalue weighted by Crippen LogP contribution is -2.53. The van der Waals surface area contributed by atoms with Crippen molar-refractivity contribution in [3.8, 4) is 0 Å². The fourth-order valence-electron chi connectivity index (χ4n) is 4.08. The molecule has 0 radical (unpaired) electrons. The maximum atomic E-state index is 13.1. The summed E-state index contributed by atoms with van der Waals surface area (Å²) in [5.74, 6) is 0.889. The molecule has 2 aliphatic heterocycles. The molecule has 7 nitrogen and oxygen atoms in total. The second-order valence-corrected chi connectivity index (χ2v) is 7.82. The Balaban J connectivity index is 1.33. The van der Waals surface area contributed by atoms with Crippen LogP contribution in [0.3, 0.4) is 0 Å². The quantitative estimate of drug-likeness (QED) is 0.798. The van der Waals surface area contributed by atoms with Gasteiger partial charge in [-0.3, -0.25) is 9.59 Å². The Kier molecular flexibility index (Phi) is 5.74. The van der Waals surface area contributed by atoms with Crippen LogP contribution in [-0.4, -0.2) is 70.9 Å². The third-order valence-electron chi connectivity index (χ3n) is 5.78. The van der Waals surface area contributed by atoms with E-state index in [1.54, 1.807) is 18.5 Å². The molecule has 1 aromatic carbocycles. The van der Waals surface area contributed by atoms with Crippen LogP contribution in [0.5, 0.6) is 0 Å². The molecular formula is C22H27N5O2. The largest absolute Gasteiger partial charge is 0.340 e. The van der Waals surface area contributed by atoms with Crippen molar-refractivity contribution in [1.29, 1.82) is 0 Å². The zero-order chi connectivity index (χ0) is 20.2. The van der Waals surface area contributed by atoms with Crippen molar-refractivity contribution in [3.63, 3.8) is 0 Å². The Morgan fingerprint density at radius 1 is 0.931 bits per heavy atom. The smallest absolute Gasteiger partial charge is 0.253 e. The summed E-state index contributed by atoms with van der Waals surface area (Å²) in [4.78, 5) is 40.3. The average Bonchev–Trinajstić information content (AvgIpc) is 2.79. The summed E-state index contributed by atoms with van der Waals surface area (Å²) in [7, 11) is 0. The van der Waals surface area contributed by atoms with Crippen molar-refractivity contribution in [2.24, 2.45) is 5.92 Å². The number of aromatic nitrogens is 2. The minimum atomic E-state index is -0.0353. The number of amides is 2. The topological polar surface area (TPSA) is 69.6 Å². The lowest BCUT2D eigenvalue weighted by atomic mass is 9.96. The molecule has 1 unspecified atom stereocenters. The van der Waals surface area contributed by atoms with Gasteiger partial charge in [-0.05, 0) is 38.0 Å². The highest BCUT2D eigenvalue weighted by atomic mass is 16.2. The molecule has 0 bridgehead atoms. The number of nitrogens with zero attached hydrogens (tertiary/aromatic N) is 5. The molecule has 0 N–H and O–H groups in total. The van der Waals surface area contributed by atoms with E-state index in [2.05, 4.69) is 14.9 Å². The van der Waals surface area contributed by atoms with Gasteiger partial charge in [0.25, 0.3) is 5.91 Å². The first-order valence-electron chi connectivity index (χ1n) is 10.3.